The SMILES string of the molecule is CC(/C=C\C(=O)N(c1ccccn1)C1CCCCC1)c1ccc(O)c(O)c1. The molecule has 0 saturated heterocycles. The van der Waals surface area contributed by atoms with Crippen LogP contribution in [0.3, 0.4) is 0 Å². The van der Waals surface area contributed by atoms with E-state index in [1.807, 2.05) is 36.1 Å². The van der Waals surface area contributed by atoms with Crippen LogP contribution < -0.4 is 4.90 Å². The summed E-state index contributed by atoms with van der Waals surface area (Å²) < 4.78 is 0. The molecule has 142 valence electrons. The van der Waals surface area contributed by atoms with E-state index in [0.29, 0.717) is 5.82 Å². The Morgan fingerprint density at radius 1 is 1.15 bits per heavy atom. The van der Waals surface area contributed by atoms with Gasteiger partial charge in [-0.05, 0) is 48.6 Å². The number of allylic oxidation sites excluding steroid dienone is 1. The molecule has 27 heavy (non-hydrogen) atoms. The predicted octanol–water partition coefficient (Wildman–Crippen LogP) is 4.52. The van der Waals surface area contributed by atoms with Crippen molar-refractivity contribution in [2.45, 2.75) is 51.0 Å². The summed E-state index contributed by atoms with van der Waals surface area (Å²) in [6, 6.07) is 10.5. The Kier molecular flexibility index (Phi) is 6.12. The minimum Gasteiger partial charge on any atom is -0.504 e. The van der Waals surface area contributed by atoms with Gasteiger partial charge in [-0.15, -0.1) is 0 Å². The first-order valence-electron chi connectivity index (χ1n) is 9.50. The highest BCUT2D eigenvalue weighted by atomic mass is 16.3. The number of aromatic hydroxyl groups is 2. The number of aromatic nitrogens is 1. The lowest BCUT2D eigenvalue weighted by atomic mass is 9.94. The van der Waals surface area contributed by atoms with Crippen LogP contribution in [0.5, 0.6) is 11.5 Å². The van der Waals surface area contributed by atoms with Gasteiger partial charge >= 0.3 is 0 Å². The fourth-order valence-electron chi connectivity index (χ4n) is 3.56. The van der Waals surface area contributed by atoms with Crippen molar-refractivity contribution in [3.8, 4) is 11.5 Å². The third-order valence-electron chi connectivity index (χ3n) is 5.13. The van der Waals surface area contributed by atoms with Crippen LogP contribution in [0.2, 0.25) is 0 Å². The van der Waals surface area contributed by atoms with Gasteiger partial charge in [0.1, 0.15) is 5.82 Å². The standard InChI is InChI=1S/C22H26N2O3/c1-16(17-11-12-19(25)20(26)15-17)10-13-22(27)24(18-7-3-2-4-8-18)21-9-5-6-14-23-21/h5-6,9-16,18,25-26H,2-4,7-8H2,1H3/b13-10-. The number of rotatable bonds is 5. The van der Waals surface area contributed by atoms with Crippen molar-refractivity contribution < 1.29 is 15.0 Å². The molecule has 1 heterocycles. The molecule has 2 aromatic rings. The number of hydrogen-bond acceptors (Lipinski definition) is 4. The van der Waals surface area contributed by atoms with Crippen LogP contribution in [-0.4, -0.2) is 27.1 Å². The smallest absolute Gasteiger partial charge is 0.252 e. The van der Waals surface area contributed by atoms with E-state index in [4.69, 9.17) is 0 Å². The summed E-state index contributed by atoms with van der Waals surface area (Å²) in [5, 5.41) is 19.1. The second-order valence-electron chi connectivity index (χ2n) is 7.08. The highest BCUT2D eigenvalue weighted by molar-refractivity contribution is 6.01. The van der Waals surface area contributed by atoms with Crippen LogP contribution in [-0.2, 0) is 4.79 Å². The number of phenolic OH excluding ortho intramolecular Hbond substituents is 2. The fourth-order valence-corrected chi connectivity index (χ4v) is 3.56. The molecule has 1 aliphatic carbocycles. The molecule has 3 rings (SSSR count). The maximum absolute atomic E-state index is 13.0. The summed E-state index contributed by atoms with van der Waals surface area (Å²) in [5.41, 5.74) is 0.830. The van der Waals surface area contributed by atoms with Crippen LogP contribution in [0, 0.1) is 0 Å². The molecule has 1 atom stereocenters. The number of pyridine rings is 1. The molecule has 5 nitrogen and oxygen atoms in total. The molecular formula is C22H26N2O3. The van der Waals surface area contributed by atoms with Crippen LogP contribution >= 0.6 is 0 Å². The number of phenols is 2. The van der Waals surface area contributed by atoms with Crippen LogP contribution in [0.15, 0.2) is 54.7 Å². The summed E-state index contributed by atoms with van der Waals surface area (Å²) in [4.78, 5) is 19.2. The minimum absolute atomic E-state index is 0.0719. The van der Waals surface area contributed by atoms with E-state index in [-0.39, 0.29) is 29.4 Å². The van der Waals surface area contributed by atoms with Crippen molar-refractivity contribution in [3.05, 3.63) is 60.3 Å². The molecular weight excluding hydrogens is 340 g/mol. The Balaban J connectivity index is 1.79. The first kappa shape index (κ1) is 19.0. The van der Waals surface area contributed by atoms with Gasteiger partial charge in [0.15, 0.2) is 11.5 Å². The molecule has 1 fully saturated rings. The maximum Gasteiger partial charge on any atom is 0.252 e. The molecule has 1 aromatic carbocycles. The van der Waals surface area contributed by atoms with Gasteiger partial charge in [0.05, 0.1) is 0 Å². The van der Waals surface area contributed by atoms with Crippen molar-refractivity contribution in [3.63, 3.8) is 0 Å². The van der Waals surface area contributed by atoms with Crippen LogP contribution in [0.25, 0.3) is 0 Å². The van der Waals surface area contributed by atoms with Gasteiger partial charge in [-0.3, -0.25) is 9.69 Å². The molecule has 0 bridgehead atoms. The quantitative estimate of drug-likeness (QED) is 0.603. The summed E-state index contributed by atoms with van der Waals surface area (Å²) in [6.45, 7) is 1.95. The van der Waals surface area contributed by atoms with E-state index >= 15 is 0 Å². The second-order valence-corrected chi connectivity index (χ2v) is 7.08. The first-order chi connectivity index (χ1) is 13.1. The number of nitrogens with zero attached hydrogens (tertiary/aromatic N) is 2. The number of benzene rings is 1. The molecule has 2 N–H and O–H groups in total. The van der Waals surface area contributed by atoms with Crippen molar-refractivity contribution in [2.24, 2.45) is 0 Å². The number of carbonyl (C=O) groups is 1. The van der Waals surface area contributed by atoms with Gasteiger partial charge in [-0.25, -0.2) is 4.98 Å². The van der Waals surface area contributed by atoms with E-state index in [0.717, 1.165) is 31.2 Å². The Labute approximate surface area is 160 Å². The van der Waals surface area contributed by atoms with Crippen molar-refractivity contribution >= 4 is 11.7 Å². The summed E-state index contributed by atoms with van der Waals surface area (Å²) >= 11 is 0. The van der Waals surface area contributed by atoms with Gasteiger partial charge < -0.3 is 10.2 Å². The van der Waals surface area contributed by atoms with E-state index in [2.05, 4.69) is 4.98 Å². The van der Waals surface area contributed by atoms with E-state index in [1.54, 1.807) is 18.3 Å². The lowest BCUT2D eigenvalue weighted by Gasteiger charge is -2.33. The average Bonchev–Trinajstić information content (AvgIpc) is 2.70. The fraction of sp³-hybridized carbons (Fsp3) is 0.364. The van der Waals surface area contributed by atoms with Gasteiger partial charge in [0.2, 0.25) is 0 Å². The molecule has 5 heteroatoms. The van der Waals surface area contributed by atoms with Crippen molar-refractivity contribution in [1.29, 1.82) is 0 Å². The monoisotopic (exact) mass is 366 g/mol. The number of carbonyl (C=O) groups excluding carboxylic acids is 1. The molecule has 1 aromatic heterocycles. The maximum atomic E-state index is 13.0. The molecule has 1 saturated carbocycles. The predicted molar refractivity (Wildman–Crippen MR) is 106 cm³/mol. The molecule has 1 amide bonds. The molecule has 1 aliphatic rings. The number of amides is 1. The van der Waals surface area contributed by atoms with Crippen LogP contribution in [0.1, 0.15) is 50.5 Å². The Hall–Kier alpha value is -2.82. The summed E-state index contributed by atoms with van der Waals surface area (Å²) in [7, 11) is 0. The van der Waals surface area contributed by atoms with Gasteiger partial charge in [-0.2, -0.15) is 0 Å². The lowest BCUT2D eigenvalue weighted by Crippen LogP contribution is -2.41. The first-order valence-corrected chi connectivity index (χ1v) is 9.50. The third kappa shape index (κ3) is 4.67. The Bertz CT molecular complexity index is 798. The normalized spacial score (nSPS) is 16.3. The zero-order valence-electron chi connectivity index (χ0n) is 15.6. The topological polar surface area (TPSA) is 73.7 Å². The average molecular weight is 366 g/mol. The number of anilines is 1. The molecule has 0 spiro atoms. The highest BCUT2D eigenvalue weighted by Crippen LogP contribution is 2.30. The minimum atomic E-state index is -0.156. The highest BCUT2D eigenvalue weighted by Gasteiger charge is 2.26. The summed E-state index contributed by atoms with van der Waals surface area (Å²) in [6.07, 6.45) is 10.6. The second kappa shape index (κ2) is 8.71. The van der Waals surface area contributed by atoms with E-state index in [9.17, 15) is 15.0 Å². The largest absolute Gasteiger partial charge is 0.504 e. The van der Waals surface area contributed by atoms with E-state index < -0.39 is 0 Å². The third-order valence-corrected chi connectivity index (χ3v) is 5.13. The van der Waals surface area contributed by atoms with Crippen molar-refractivity contribution in [1.82, 2.24) is 4.98 Å². The zero-order valence-corrected chi connectivity index (χ0v) is 15.6. The molecule has 1 unspecified atom stereocenters. The van der Waals surface area contributed by atoms with Gasteiger partial charge in [0, 0.05) is 18.3 Å². The lowest BCUT2D eigenvalue weighted by molar-refractivity contribution is -0.114. The number of hydrogen-bond donors (Lipinski definition) is 2. The Morgan fingerprint density at radius 3 is 2.59 bits per heavy atom. The van der Waals surface area contributed by atoms with E-state index in [1.165, 1.54) is 18.6 Å². The zero-order chi connectivity index (χ0) is 19.2. The van der Waals surface area contributed by atoms with Crippen LogP contribution in [0.4, 0.5) is 5.82 Å². The molecule has 0 radical (unpaired) electrons. The van der Waals surface area contributed by atoms with Crippen molar-refractivity contribution in [2.75, 3.05) is 4.90 Å². The van der Waals surface area contributed by atoms with Gasteiger partial charge in [-0.1, -0.05) is 44.4 Å². The molecule has 0 aliphatic heterocycles. The Morgan fingerprint density at radius 2 is 1.93 bits per heavy atom. The van der Waals surface area contributed by atoms with Gasteiger partial charge in [0.25, 0.3) is 5.91 Å². The summed E-state index contributed by atoms with van der Waals surface area (Å²) in [5.74, 6) is 0.239.